The largest absolute Gasteiger partial charge is 0.480 e. The maximum absolute atomic E-state index is 15.0. The summed E-state index contributed by atoms with van der Waals surface area (Å²) in [6.45, 7) is 6.88. The Hall–Kier alpha value is -4.06. The monoisotopic (exact) mass is 511 g/mol. The number of aromatic nitrogens is 3. The summed E-state index contributed by atoms with van der Waals surface area (Å²) in [4.78, 5) is 27.9. The van der Waals surface area contributed by atoms with Gasteiger partial charge in [0.05, 0.1) is 48.8 Å². The predicted molar refractivity (Wildman–Crippen MR) is 135 cm³/mol. The van der Waals surface area contributed by atoms with Crippen molar-refractivity contribution in [3.05, 3.63) is 48.3 Å². The summed E-state index contributed by atoms with van der Waals surface area (Å²) < 4.78 is 35.0. The molecular weight excluding hydrogens is 484 g/mol. The van der Waals surface area contributed by atoms with E-state index in [1.807, 2.05) is 25.7 Å². The summed E-state index contributed by atoms with van der Waals surface area (Å²) in [7, 11) is 0. The maximum Gasteiger partial charge on any atom is 0.328 e. The van der Waals surface area contributed by atoms with Gasteiger partial charge in [-0.3, -0.25) is 0 Å². The van der Waals surface area contributed by atoms with Crippen molar-refractivity contribution >= 4 is 34.8 Å². The molecule has 2 aliphatic heterocycles. The van der Waals surface area contributed by atoms with Crippen LogP contribution in [0.4, 0.5) is 37.6 Å². The lowest BCUT2D eigenvalue weighted by molar-refractivity contribution is -0.141. The standard InChI is InChI=1S/C25H27F2N7O3/c1-13(2)34-14(3)30-23-17(26)8-15(9-19(23)34)22-18(27)11-29-25(32-22)31-21-5-4-16(10-28-21)33-6-7-37-12-20(33)24(35)36/h4-5,8-11,13-14,20,30H,6-7,12H2,1-3H3,(H,35,36)(H,28,29,31,32)/t14?,20-/m0/s1. The van der Waals surface area contributed by atoms with Gasteiger partial charge in [0.25, 0.3) is 0 Å². The van der Waals surface area contributed by atoms with E-state index >= 15 is 0 Å². The van der Waals surface area contributed by atoms with E-state index in [0.29, 0.717) is 36.0 Å². The molecule has 2 aliphatic rings. The van der Waals surface area contributed by atoms with Gasteiger partial charge in [0.1, 0.15) is 17.3 Å². The van der Waals surface area contributed by atoms with Gasteiger partial charge in [0.2, 0.25) is 5.95 Å². The third-order valence-corrected chi connectivity index (χ3v) is 6.42. The normalized spacial score (nSPS) is 19.1. The van der Waals surface area contributed by atoms with E-state index in [-0.39, 0.29) is 36.0 Å². The highest BCUT2D eigenvalue weighted by molar-refractivity contribution is 5.82. The van der Waals surface area contributed by atoms with Crippen molar-refractivity contribution < 1.29 is 23.4 Å². The third kappa shape index (κ3) is 4.71. The van der Waals surface area contributed by atoms with Crippen LogP contribution in [0.3, 0.4) is 0 Å². The fourth-order valence-electron chi connectivity index (χ4n) is 4.78. The number of nitrogens with zero attached hydrogens (tertiary/aromatic N) is 5. The molecule has 37 heavy (non-hydrogen) atoms. The first-order chi connectivity index (χ1) is 17.7. The first-order valence-corrected chi connectivity index (χ1v) is 11.9. The number of carboxylic acids is 1. The number of hydrogen-bond donors (Lipinski definition) is 3. The topological polar surface area (TPSA) is 116 Å². The smallest absolute Gasteiger partial charge is 0.328 e. The van der Waals surface area contributed by atoms with Crippen LogP contribution in [0.15, 0.2) is 36.7 Å². The lowest BCUT2D eigenvalue weighted by Crippen LogP contribution is -2.50. The Morgan fingerprint density at radius 1 is 1.22 bits per heavy atom. The second kappa shape index (κ2) is 9.77. The molecule has 0 saturated carbocycles. The Morgan fingerprint density at radius 3 is 2.73 bits per heavy atom. The molecule has 3 aromatic rings. The fourth-order valence-corrected chi connectivity index (χ4v) is 4.78. The first-order valence-electron chi connectivity index (χ1n) is 11.9. The van der Waals surface area contributed by atoms with Gasteiger partial charge in [0, 0.05) is 18.2 Å². The molecule has 5 rings (SSSR count). The quantitative estimate of drug-likeness (QED) is 0.451. The van der Waals surface area contributed by atoms with Crippen LogP contribution in [0.25, 0.3) is 11.3 Å². The number of fused-ring (bicyclic) bond motifs is 1. The lowest BCUT2D eigenvalue weighted by Gasteiger charge is -2.34. The number of anilines is 5. The lowest BCUT2D eigenvalue weighted by atomic mass is 10.1. The fraction of sp³-hybridized carbons (Fsp3) is 0.360. The molecule has 12 heteroatoms. The van der Waals surface area contributed by atoms with Crippen LogP contribution in [0.5, 0.6) is 0 Å². The SMILES string of the molecule is CC(C)N1c2cc(-c3nc(Nc4ccc(N5CCOC[C@H]5C(=O)O)cn4)ncc3F)cc(F)c2NC1C. The van der Waals surface area contributed by atoms with E-state index in [1.54, 1.807) is 29.3 Å². The third-order valence-electron chi connectivity index (χ3n) is 6.42. The molecule has 194 valence electrons. The van der Waals surface area contributed by atoms with Gasteiger partial charge in [-0.05, 0) is 45.0 Å². The Labute approximate surface area is 212 Å². The predicted octanol–water partition coefficient (Wildman–Crippen LogP) is 3.84. The summed E-state index contributed by atoms with van der Waals surface area (Å²) in [6.07, 6.45) is 2.46. The van der Waals surface area contributed by atoms with Crippen LogP contribution in [0.1, 0.15) is 20.8 Å². The first kappa shape index (κ1) is 24.6. The minimum Gasteiger partial charge on any atom is -0.480 e. The van der Waals surface area contributed by atoms with Crippen molar-refractivity contribution in [1.82, 2.24) is 15.0 Å². The van der Waals surface area contributed by atoms with E-state index in [0.717, 1.165) is 6.20 Å². The summed E-state index contributed by atoms with van der Waals surface area (Å²) in [5, 5.41) is 15.5. The number of rotatable bonds is 6. The van der Waals surface area contributed by atoms with Gasteiger partial charge in [-0.1, -0.05) is 0 Å². The van der Waals surface area contributed by atoms with Crippen LogP contribution in [0.2, 0.25) is 0 Å². The Balaban J connectivity index is 1.40. The number of benzene rings is 1. The van der Waals surface area contributed by atoms with Crippen molar-refractivity contribution in [1.29, 1.82) is 0 Å². The number of carbonyl (C=O) groups is 1. The second-order valence-electron chi connectivity index (χ2n) is 9.21. The molecule has 0 bridgehead atoms. The van der Waals surface area contributed by atoms with E-state index < -0.39 is 23.6 Å². The number of nitrogens with one attached hydrogen (secondary N) is 2. The van der Waals surface area contributed by atoms with E-state index in [4.69, 9.17) is 4.74 Å². The molecule has 0 amide bonds. The van der Waals surface area contributed by atoms with E-state index in [9.17, 15) is 18.7 Å². The molecule has 3 N–H and O–H groups in total. The van der Waals surface area contributed by atoms with Gasteiger partial charge in [0.15, 0.2) is 11.9 Å². The minimum absolute atomic E-state index is 0.0447. The minimum atomic E-state index is -0.973. The van der Waals surface area contributed by atoms with Crippen molar-refractivity contribution in [2.24, 2.45) is 0 Å². The summed E-state index contributed by atoms with van der Waals surface area (Å²) >= 11 is 0. The van der Waals surface area contributed by atoms with Gasteiger partial charge >= 0.3 is 5.97 Å². The molecular formula is C25H27F2N7O3. The second-order valence-corrected chi connectivity index (χ2v) is 9.21. The summed E-state index contributed by atoms with van der Waals surface area (Å²) in [5.41, 5.74) is 1.90. The number of ether oxygens (including phenoxy) is 1. The van der Waals surface area contributed by atoms with Crippen LogP contribution >= 0.6 is 0 Å². The molecule has 1 saturated heterocycles. The molecule has 0 aliphatic carbocycles. The molecule has 1 aromatic carbocycles. The number of carboxylic acid groups (broad SMARTS) is 1. The van der Waals surface area contributed by atoms with E-state index in [1.165, 1.54) is 6.07 Å². The highest BCUT2D eigenvalue weighted by Gasteiger charge is 2.31. The van der Waals surface area contributed by atoms with Crippen molar-refractivity contribution in [3.8, 4) is 11.3 Å². The molecule has 2 aromatic heterocycles. The molecule has 0 spiro atoms. The summed E-state index contributed by atoms with van der Waals surface area (Å²) in [5.74, 6) is -1.69. The number of aliphatic carboxylic acids is 1. The molecule has 10 nitrogen and oxygen atoms in total. The highest BCUT2D eigenvalue weighted by atomic mass is 19.1. The number of morpholine rings is 1. The average molecular weight is 512 g/mol. The molecule has 2 atom stereocenters. The van der Waals surface area contributed by atoms with Gasteiger partial charge in [-0.2, -0.15) is 0 Å². The van der Waals surface area contributed by atoms with Crippen molar-refractivity contribution in [3.63, 3.8) is 0 Å². The highest BCUT2D eigenvalue weighted by Crippen LogP contribution is 2.41. The Kier molecular flexibility index (Phi) is 6.50. The van der Waals surface area contributed by atoms with Gasteiger partial charge in [-0.15, -0.1) is 0 Å². The number of halogens is 2. The zero-order chi connectivity index (χ0) is 26.3. The molecule has 1 unspecified atom stereocenters. The number of pyridine rings is 1. The van der Waals surface area contributed by atoms with Crippen molar-refractivity contribution in [2.45, 2.75) is 39.0 Å². The zero-order valence-electron chi connectivity index (χ0n) is 20.6. The Bertz CT molecular complexity index is 1320. The molecule has 0 radical (unpaired) electrons. The van der Waals surface area contributed by atoms with Crippen LogP contribution in [-0.2, 0) is 9.53 Å². The van der Waals surface area contributed by atoms with Gasteiger partial charge in [-0.25, -0.2) is 28.5 Å². The average Bonchev–Trinajstić information content (AvgIpc) is 3.22. The zero-order valence-corrected chi connectivity index (χ0v) is 20.6. The van der Waals surface area contributed by atoms with Crippen LogP contribution in [-0.4, -0.2) is 64.0 Å². The van der Waals surface area contributed by atoms with Crippen LogP contribution < -0.4 is 20.4 Å². The van der Waals surface area contributed by atoms with Gasteiger partial charge < -0.3 is 30.3 Å². The Morgan fingerprint density at radius 2 is 2.03 bits per heavy atom. The van der Waals surface area contributed by atoms with Crippen molar-refractivity contribution in [2.75, 3.05) is 40.2 Å². The molecule has 1 fully saturated rings. The number of hydrogen-bond acceptors (Lipinski definition) is 9. The van der Waals surface area contributed by atoms with Crippen LogP contribution in [0, 0.1) is 11.6 Å². The summed E-state index contributed by atoms with van der Waals surface area (Å²) in [6, 6.07) is 5.66. The van der Waals surface area contributed by atoms with E-state index in [2.05, 4.69) is 25.6 Å². The molecule has 4 heterocycles. The maximum atomic E-state index is 15.0.